The number of aromatic nitrogens is 1. The van der Waals surface area contributed by atoms with Crippen molar-refractivity contribution in [1.82, 2.24) is 10.3 Å². The summed E-state index contributed by atoms with van der Waals surface area (Å²) in [6.07, 6.45) is 2.48. The molecule has 1 amide bonds. The van der Waals surface area contributed by atoms with Gasteiger partial charge < -0.3 is 10.4 Å². The third-order valence-corrected chi connectivity index (χ3v) is 3.13. The lowest BCUT2D eigenvalue weighted by Gasteiger charge is -2.20. The Labute approximate surface area is 113 Å². The standard InChI is InChI=1S/C14H20N2O3/c1-4-9(2)13(14(18)19)16-12(17)7-11-6-5-10(3)15-8-11/h5-6,8-9,13H,4,7H2,1-3H3,(H,16,17)(H,18,19)/t9-,13-/m0/s1. The number of carbonyl (C=O) groups excluding carboxylic acids is 1. The summed E-state index contributed by atoms with van der Waals surface area (Å²) >= 11 is 0. The van der Waals surface area contributed by atoms with Crippen LogP contribution in [0.4, 0.5) is 0 Å². The van der Waals surface area contributed by atoms with Gasteiger partial charge in [-0.05, 0) is 24.5 Å². The molecule has 2 N–H and O–H groups in total. The number of carboxylic acid groups (broad SMARTS) is 1. The van der Waals surface area contributed by atoms with Crippen molar-refractivity contribution in [2.75, 3.05) is 0 Å². The number of nitrogens with zero attached hydrogens (tertiary/aromatic N) is 1. The third kappa shape index (κ3) is 4.69. The van der Waals surface area contributed by atoms with E-state index in [1.165, 1.54) is 0 Å². The molecule has 1 heterocycles. The summed E-state index contributed by atoms with van der Waals surface area (Å²) in [6.45, 7) is 5.58. The summed E-state index contributed by atoms with van der Waals surface area (Å²) in [5, 5.41) is 11.7. The van der Waals surface area contributed by atoms with E-state index >= 15 is 0 Å². The van der Waals surface area contributed by atoms with Crippen LogP contribution in [-0.2, 0) is 16.0 Å². The first-order valence-electron chi connectivity index (χ1n) is 6.37. The van der Waals surface area contributed by atoms with Gasteiger partial charge in [0.25, 0.3) is 0 Å². The summed E-state index contributed by atoms with van der Waals surface area (Å²) in [4.78, 5) is 27.0. The van der Waals surface area contributed by atoms with Crippen LogP contribution in [0.2, 0.25) is 0 Å². The number of hydrogen-bond acceptors (Lipinski definition) is 3. The minimum absolute atomic E-state index is 0.0995. The average Bonchev–Trinajstić information content (AvgIpc) is 2.37. The van der Waals surface area contributed by atoms with Crippen molar-refractivity contribution < 1.29 is 14.7 Å². The zero-order valence-corrected chi connectivity index (χ0v) is 11.5. The topological polar surface area (TPSA) is 79.3 Å². The first-order valence-corrected chi connectivity index (χ1v) is 6.37. The van der Waals surface area contributed by atoms with Gasteiger partial charge >= 0.3 is 5.97 Å². The van der Waals surface area contributed by atoms with E-state index in [4.69, 9.17) is 5.11 Å². The molecule has 104 valence electrons. The predicted molar refractivity (Wildman–Crippen MR) is 71.7 cm³/mol. The summed E-state index contributed by atoms with van der Waals surface area (Å²) in [6, 6.07) is 2.81. The summed E-state index contributed by atoms with van der Waals surface area (Å²) in [7, 11) is 0. The van der Waals surface area contributed by atoms with E-state index in [-0.39, 0.29) is 18.2 Å². The van der Waals surface area contributed by atoms with Gasteiger partial charge in [0.05, 0.1) is 6.42 Å². The highest BCUT2D eigenvalue weighted by molar-refractivity contribution is 5.84. The van der Waals surface area contributed by atoms with E-state index in [9.17, 15) is 9.59 Å². The van der Waals surface area contributed by atoms with Crippen molar-refractivity contribution in [2.24, 2.45) is 5.92 Å². The highest BCUT2D eigenvalue weighted by Crippen LogP contribution is 2.08. The summed E-state index contributed by atoms with van der Waals surface area (Å²) < 4.78 is 0. The van der Waals surface area contributed by atoms with E-state index in [1.54, 1.807) is 6.20 Å². The van der Waals surface area contributed by atoms with Gasteiger partial charge in [-0.1, -0.05) is 26.3 Å². The van der Waals surface area contributed by atoms with Gasteiger partial charge in [0.2, 0.25) is 5.91 Å². The maximum absolute atomic E-state index is 11.8. The number of carboxylic acids is 1. The molecule has 19 heavy (non-hydrogen) atoms. The van der Waals surface area contributed by atoms with Gasteiger partial charge in [-0.2, -0.15) is 0 Å². The molecule has 2 atom stereocenters. The molecular formula is C14H20N2O3. The lowest BCUT2D eigenvalue weighted by Crippen LogP contribution is -2.45. The number of carbonyl (C=O) groups is 2. The van der Waals surface area contributed by atoms with Crippen LogP contribution in [-0.4, -0.2) is 28.0 Å². The smallest absolute Gasteiger partial charge is 0.326 e. The largest absolute Gasteiger partial charge is 0.480 e. The Bertz CT molecular complexity index is 443. The fraction of sp³-hybridized carbons (Fsp3) is 0.500. The SMILES string of the molecule is CC[C@H](C)[C@H](NC(=O)Cc1ccc(C)nc1)C(=O)O. The van der Waals surface area contributed by atoms with Gasteiger partial charge in [0.15, 0.2) is 0 Å². The maximum atomic E-state index is 11.8. The molecule has 5 heteroatoms. The van der Waals surface area contributed by atoms with Gasteiger partial charge in [-0.25, -0.2) is 4.79 Å². The molecule has 0 aliphatic heterocycles. The van der Waals surface area contributed by atoms with Gasteiger partial charge in [-0.3, -0.25) is 9.78 Å². The van der Waals surface area contributed by atoms with Gasteiger partial charge in [0.1, 0.15) is 6.04 Å². The molecule has 0 fully saturated rings. The van der Waals surface area contributed by atoms with Crippen molar-refractivity contribution in [3.05, 3.63) is 29.6 Å². The lowest BCUT2D eigenvalue weighted by atomic mass is 9.99. The molecule has 0 aliphatic rings. The molecule has 0 saturated heterocycles. The quantitative estimate of drug-likeness (QED) is 0.817. The number of aryl methyl sites for hydroxylation is 1. The van der Waals surface area contributed by atoms with Gasteiger partial charge in [-0.15, -0.1) is 0 Å². The van der Waals surface area contributed by atoms with Crippen LogP contribution in [0.1, 0.15) is 31.5 Å². The second-order valence-corrected chi connectivity index (χ2v) is 4.75. The molecular weight excluding hydrogens is 244 g/mol. The van der Waals surface area contributed by atoms with Crippen molar-refractivity contribution in [1.29, 1.82) is 0 Å². The monoisotopic (exact) mass is 264 g/mol. The Morgan fingerprint density at radius 3 is 2.58 bits per heavy atom. The van der Waals surface area contributed by atoms with Crippen LogP contribution in [0.25, 0.3) is 0 Å². The first-order chi connectivity index (χ1) is 8.93. The predicted octanol–water partition coefficient (Wildman–Crippen LogP) is 1.55. The normalized spacial score (nSPS) is 13.6. The molecule has 0 aliphatic carbocycles. The molecule has 0 bridgehead atoms. The molecule has 0 spiro atoms. The molecule has 1 rings (SSSR count). The van der Waals surface area contributed by atoms with E-state index < -0.39 is 12.0 Å². The molecule has 1 aromatic rings. The summed E-state index contributed by atoms with van der Waals surface area (Å²) in [5.41, 5.74) is 1.66. The highest BCUT2D eigenvalue weighted by Gasteiger charge is 2.25. The Hall–Kier alpha value is -1.91. The van der Waals surface area contributed by atoms with Crippen LogP contribution in [0.5, 0.6) is 0 Å². The molecule has 0 unspecified atom stereocenters. The minimum Gasteiger partial charge on any atom is -0.480 e. The fourth-order valence-corrected chi connectivity index (χ4v) is 1.70. The van der Waals surface area contributed by atoms with E-state index in [2.05, 4.69) is 10.3 Å². The minimum atomic E-state index is -0.996. The molecule has 0 radical (unpaired) electrons. The fourth-order valence-electron chi connectivity index (χ4n) is 1.70. The van der Waals surface area contributed by atoms with E-state index in [1.807, 2.05) is 32.9 Å². The van der Waals surface area contributed by atoms with Crippen molar-refractivity contribution in [3.63, 3.8) is 0 Å². The average molecular weight is 264 g/mol. The van der Waals surface area contributed by atoms with E-state index in [0.717, 1.165) is 11.3 Å². The number of aliphatic carboxylic acids is 1. The molecule has 0 aromatic carbocycles. The number of pyridine rings is 1. The zero-order chi connectivity index (χ0) is 14.4. The van der Waals surface area contributed by atoms with Crippen LogP contribution in [0.3, 0.4) is 0 Å². The molecule has 0 saturated carbocycles. The molecule has 1 aromatic heterocycles. The van der Waals surface area contributed by atoms with Gasteiger partial charge in [0, 0.05) is 11.9 Å². The van der Waals surface area contributed by atoms with Crippen LogP contribution in [0, 0.1) is 12.8 Å². The Morgan fingerprint density at radius 1 is 1.42 bits per heavy atom. The van der Waals surface area contributed by atoms with Crippen LogP contribution >= 0.6 is 0 Å². The van der Waals surface area contributed by atoms with Crippen LogP contribution < -0.4 is 5.32 Å². The Kier molecular flexibility index (Phi) is 5.48. The number of rotatable bonds is 6. The molecule has 5 nitrogen and oxygen atoms in total. The summed E-state index contributed by atoms with van der Waals surface area (Å²) in [5.74, 6) is -1.39. The van der Waals surface area contributed by atoms with Crippen molar-refractivity contribution in [2.45, 2.75) is 39.7 Å². The maximum Gasteiger partial charge on any atom is 0.326 e. The highest BCUT2D eigenvalue weighted by atomic mass is 16.4. The second kappa shape index (κ2) is 6.87. The Balaban J connectivity index is 2.62. The number of nitrogens with one attached hydrogen (secondary N) is 1. The van der Waals surface area contributed by atoms with Crippen molar-refractivity contribution in [3.8, 4) is 0 Å². The lowest BCUT2D eigenvalue weighted by molar-refractivity contribution is -0.143. The second-order valence-electron chi connectivity index (χ2n) is 4.75. The van der Waals surface area contributed by atoms with E-state index in [0.29, 0.717) is 6.42 Å². The third-order valence-electron chi connectivity index (χ3n) is 3.13. The van der Waals surface area contributed by atoms with Crippen LogP contribution in [0.15, 0.2) is 18.3 Å². The first kappa shape index (κ1) is 15.1. The number of hydrogen-bond donors (Lipinski definition) is 2. The number of amides is 1. The Morgan fingerprint density at radius 2 is 2.11 bits per heavy atom. The van der Waals surface area contributed by atoms with Crippen molar-refractivity contribution >= 4 is 11.9 Å². The zero-order valence-electron chi connectivity index (χ0n) is 11.5.